The predicted octanol–water partition coefficient (Wildman–Crippen LogP) is 0.156. The van der Waals surface area contributed by atoms with Crippen LogP contribution in [-0.2, 0) is 0 Å². The molecule has 40 valence electrons. The average molecular weight is 126 g/mol. The van der Waals surface area contributed by atoms with Gasteiger partial charge < -0.3 is 0 Å². The van der Waals surface area contributed by atoms with Crippen LogP contribution in [-0.4, -0.2) is 19.3 Å². The van der Waals surface area contributed by atoms with Gasteiger partial charge in [0, 0.05) is 0 Å². The summed E-state index contributed by atoms with van der Waals surface area (Å²) in [5.41, 5.74) is 0. The molecule has 0 amide bonds. The molecular weight excluding hydrogens is 123 g/mol. The number of hydrogen-bond acceptors (Lipinski definition) is 3. The number of rotatable bonds is 0. The van der Waals surface area contributed by atoms with Crippen molar-refractivity contribution >= 4 is 14.1 Å². The molecule has 1 atom stereocenters. The second kappa shape index (κ2) is 1.29. The van der Waals surface area contributed by atoms with Crippen molar-refractivity contribution in [2.45, 2.75) is 0 Å². The Labute approximate surface area is 46.7 Å². The summed E-state index contributed by atoms with van der Waals surface area (Å²) in [6, 6.07) is 0. The van der Waals surface area contributed by atoms with E-state index in [1.807, 2.05) is 5.93 Å². The van der Waals surface area contributed by atoms with Crippen LogP contribution < -0.4 is 0 Å². The van der Waals surface area contributed by atoms with Crippen molar-refractivity contribution in [2.75, 3.05) is 0 Å². The van der Waals surface area contributed by atoms with Gasteiger partial charge in [-0.1, -0.05) is 0 Å². The van der Waals surface area contributed by atoms with E-state index in [-0.39, 0.29) is 0 Å². The number of nitrogens with zero attached hydrogens (tertiary/aromatic N) is 4. The molecule has 1 unspecified atom stereocenters. The maximum absolute atomic E-state index is 3.94. The van der Waals surface area contributed by atoms with Crippen molar-refractivity contribution in [2.24, 2.45) is 0 Å². The molecule has 0 aliphatic rings. The lowest BCUT2D eigenvalue weighted by Gasteiger charge is -1.68. The lowest BCUT2D eigenvalue weighted by atomic mass is 11.1. The molecule has 0 N–H and O–H groups in total. The van der Waals surface area contributed by atoms with E-state index < -0.39 is 0 Å². The third-order valence-electron chi connectivity index (χ3n) is 0.890. The van der Waals surface area contributed by atoms with Gasteiger partial charge in [-0.15, -0.1) is 0 Å². The standard InChI is InChI=1S/C3H3N4P/c1-4-3-5-2-8-7(3)6-1/h1-2,8H. The Morgan fingerprint density at radius 1 is 1.50 bits per heavy atom. The molecule has 8 heavy (non-hydrogen) atoms. The van der Waals surface area contributed by atoms with Crippen LogP contribution in [0.15, 0.2) is 12.3 Å². The monoisotopic (exact) mass is 126 g/mol. The first-order valence-electron chi connectivity index (χ1n) is 2.16. The topological polar surface area (TPSA) is 43.1 Å². The highest BCUT2D eigenvalue weighted by Crippen LogP contribution is 2.02. The quantitative estimate of drug-likeness (QED) is 0.504. The van der Waals surface area contributed by atoms with Crippen LogP contribution in [0, 0.1) is 0 Å². The molecule has 2 aromatic heterocycles. The fourth-order valence-corrected chi connectivity index (χ4v) is 1.19. The van der Waals surface area contributed by atoms with Gasteiger partial charge in [-0.2, -0.15) is 14.4 Å². The second-order valence-corrected chi connectivity index (χ2v) is 2.30. The van der Waals surface area contributed by atoms with Crippen molar-refractivity contribution in [3.63, 3.8) is 0 Å². The SMILES string of the molecule is c1nc2nc[pH]n2n1. The number of aromatic nitrogens is 4. The minimum Gasteiger partial charge on any atom is -0.214 e. The van der Waals surface area contributed by atoms with Crippen LogP contribution in [0.4, 0.5) is 0 Å². The summed E-state index contributed by atoms with van der Waals surface area (Å²) in [6.45, 7) is 0. The van der Waals surface area contributed by atoms with E-state index >= 15 is 0 Å². The van der Waals surface area contributed by atoms with Gasteiger partial charge in [0.05, 0.1) is 5.93 Å². The molecule has 0 aliphatic heterocycles. The van der Waals surface area contributed by atoms with Gasteiger partial charge in [0.2, 0.25) is 0 Å². The number of hydrogen-bond donors (Lipinski definition) is 0. The first-order chi connectivity index (χ1) is 3.97. The normalized spacial score (nSPS) is 11.5. The van der Waals surface area contributed by atoms with Gasteiger partial charge in [0.25, 0.3) is 5.78 Å². The molecule has 0 aliphatic carbocycles. The van der Waals surface area contributed by atoms with Crippen LogP contribution in [0.3, 0.4) is 0 Å². The van der Waals surface area contributed by atoms with E-state index in [0.717, 1.165) is 5.78 Å². The van der Waals surface area contributed by atoms with E-state index in [2.05, 4.69) is 15.1 Å². The molecule has 0 fully saturated rings. The highest BCUT2D eigenvalue weighted by molar-refractivity contribution is 7.24. The Balaban J connectivity index is 3.06. The summed E-state index contributed by atoms with van der Waals surface area (Å²) < 4.78 is 1.76. The molecule has 0 radical (unpaired) electrons. The van der Waals surface area contributed by atoms with Gasteiger partial charge in [-0.3, -0.25) is 0 Å². The minimum atomic E-state index is 0.556. The van der Waals surface area contributed by atoms with Crippen LogP contribution >= 0.6 is 8.35 Å². The van der Waals surface area contributed by atoms with E-state index in [1.54, 1.807) is 4.28 Å². The summed E-state index contributed by atoms with van der Waals surface area (Å²) in [5, 5.41) is 3.89. The van der Waals surface area contributed by atoms with E-state index in [4.69, 9.17) is 0 Å². The molecule has 0 saturated heterocycles. The van der Waals surface area contributed by atoms with Crippen molar-refractivity contribution in [3.05, 3.63) is 12.3 Å². The summed E-state index contributed by atoms with van der Waals surface area (Å²) in [6.07, 6.45) is 1.51. The van der Waals surface area contributed by atoms with Crippen LogP contribution in [0.2, 0.25) is 0 Å². The van der Waals surface area contributed by atoms with Gasteiger partial charge in [-0.25, -0.2) is 4.98 Å². The smallest absolute Gasteiger partial charge is 0.214 e. The van der Waals surface area contributed by atoms with Crippen molar-refractivity contribution in [1.82, 2.24) is 19.3 Å². The Hall–Kier alpha value is -0.890. The highest BCUT2D eigenvalue weighted by Gasteiger charge is 1.90. The molecular formula is C3H3N4P. The first-order valence-corrected chi connectivity index (χ1v) is 3.18. The second-order valence-electron chi connectivity index (χ2n) is 1.36. The zero-order valence-electron chi connectivity index (χ0n) is 3.94. The predicted molar refractivity (Wildman–Crippen MR) is 30.3 cm³/mol. The third kappa shape index (κ3) is 0.378. The van der Waals surface area contributed by atoms with E-state index in [0.29, 0.717) is 8.35 Å². The molecule has 2 heterocycles. The average Bonchev–Trinajstić information content (AvgIpc) is 2.15. The molecule has 0 spiro atoms. The van der Waals surface area contributed by atoms with Gasteiger partial charge in [0.1, 0.15) is 6.33 Å². The summed E-state index contributed by atoms with van der Waals surface area (Å²) >= 11 is 0. The molecule has 2 rings (SSSR count). The minimum absolute atomic E-state index is 0.556. The summed E-state index contributed by atoms with van der Waals surface area (Å²) in [5.74, 6) is 2.54. The van der Waals surface area contributed by atoms with E-state index in [9.17, 15) is 0 Å². The van der Waals surface area contributed by atoms with Crippen LogP contribution in [0.1, 0.15) is 0 Å². The third-order valence-corrected chi connectivity index (χ3v) is 1.69. The Morgan fingerprint density at radius 3 is 3.38 bits per heavy atom. The molecule has 0 aromatic carbocycles. The fourth-order valence-electron chi connectivity index (χ4n) is 0.556. The Kier molecular flexibility index (Phi) is 0.652. The molecule has 5 heteroatoms. The van der Waals surface area contributed by atoms with Crippen LogP contribution in [0.5, 0.6) is 0 Å². The van der Waals surface area contributed by atoms with Crippen LogP contribution in [0.25, 0.3) is 5.78 Å². The van der Waals surface area contributed by atoms with Crippen molar-refractivity contribution in [3.8, 4) is 0 Å². The largest absolute Gasteiger partial charge is 0.255 e. The molecule has 0 bridgehead atoms. The fraction of sp³-hybridized carbons (Fsp3) is 0. The molecule has 0 saturated carbocycles. The van der Waals surface area contributed by atoms with Crippen molar-refractivity contribution in [1.29, 1.82) is 0 Å². The summed E-state index contributed by atoms with van der Waals surface area (Å²) in [7, 11) is 0.556. The lowest BCUT2D eigenvalue weighted by molar-refractivity contribution is 1.06. The Morgan fingerprint density at radius 2 is 2.50 bits per heavy atom. The zero-order chi connectivity index (χ0) is 5.40. The van der Waals surface area contributed by atoms with Gasteiger partial charge >= 0.3 is 0 Å². The first kappa shape index (κ1) is 4.04. The zero-order valence-corrected chi connectivity index (χ0v) is 4.94. The molecule has 4 nitrogen and oxygen atoms in total. The van der Waals surface area contributed by atoms with E-state index in [1.165, 1.54) is 6.33 Å². The van der Waals surface area contributed by atoms with Gasteiger partial charge in [0.15, 0.2) is 0 Å². The summed E-state index contributed by atoms with van der Waals surface area (Å²) in [4.78, 5) is 7.79. The Bertz CT molecular complexity index is 233. The lowest BCUT2D eigenvalue weighted by Crippen LogP contribution is -1.72. The highest BCUT2D eigenvalue weighted by atomic mass is 31.0. The maximum atomic E-state index is 3.94. The number of fused-ring (bicyclic) bond motifs is 1. The van der Waals surface area contributed by atoms with Gasteiger partial charge in [-0.05, 0) is 8.35 Å². The van der Waals surface area contributed by atoms with Crippen molar-refractivity contribution < 1.29 is 0 Å². The maximum Gasteiger partial charge on any atom is 0.255 e. The molecule has 2 aromatic rings.